The maximum Gasteiger partial charge on any atom is 0.127 e. The van der Waals surface area contributed by atoms with Gasteiger partial charge in [-0.15, -0.1) is 0 Å². The lowest BCUT2D eigenvalue weighted by Crippen LogP contribution is -2.37. The SMILES string of the molecule is CCCCOCCC(CO)(CO)c1ccccc1F. The number of hydrogen-bond donors (Lipinski definition) is 2. The van der Waals surface area contributed by atoms with Crippen LogP contribution in [0.25, 0.3) is 0 Å². The smallest absolute Gasteiger partial charge is 0.127 e. The third-order valence-corrected chi connectivity index (χ3v) is 3.42. The molecule has 1 aromatic rings. The van der Waals surface area contributed by atoms with Gasteiger partial charge in [0.1, 0.15) is 5.82 Å². The van der Waals surface area contributed by atoms with E-state index < -0.39 is 11.2 Å². The van der Waals surface area contributed by atoms with Crippen LogP contribution >= 0.6 is 0 Å². The molecule has 1 aromatic carbocycles. The minimum absolute atomic E-state index is 0.304. The minimum atomic E-state index is -0.975. The first kappa shape index (κ1) is 16.1. The number of benzene rings is 1. The second-order valence-corrected chi connectivity index (χ2v) is 4.79. The van der Waals surface area contributed by atoms with E-state index >= 15 is 0 Å². The first-order valence-corrected chi connectivity index (χ1v) is 6.74. The van der Waals surface area contributed by atoms with E-state index in [2.05, 4.69) is 6.92 Å². The molecule has 0 aliphatic carbocycles. The zero-order valence-electron chi connectivity index (χ0n) is 11.4. The molecule has 2 N–H and O–H groups in total. The average molecular weight is 270 g/mol. The Kier molecular flexibility index (Phi) is 6.99. The van der Waals surface area contributed by atoms with Crippen molar-refractivity contribution in [2.24, 2.45) is 0 Å². The molecule has 0 aliphatic heterocycles. The summed E-state index contributed by atoms with van der Waals surface area (Å²) < 4.78 is 19.3. The van der Waals surface area contributed by atoms with E-state index in [9.17, 15) is 14.6 Å². The molecule has 0 saturated heterocycles. The standard InChI is InChI=1S/C15H23FO3/c1-2-3-9-19-10-8-15(11-17,12-18)13-6-4-5-7-14(13)16/h4-7,17-18H,2-3,8-12H2,1H3. The molecule has 0 saturated carbocycles. The Morgan fingerprint density at radius 1 is 1.16 bits per heavy atom. The van der Waals surface area contributed by atoms with Gasteiger partial charge in [-0.2, -0.15) is 0 Å². The highest BCUT2D eigenvalue weighted by Gasteiger charge is 2.33. The Hall–Kier alpha value is -0.970. The van der Waals surface area contributed by atoms with E-state index in [1.165, 1.54) is 6.07 Å². The van der Waals surface area contributed by atoms with Gasteiger partial charge in [-0.3, -0.25) is 0 Å². The highest BCUT2D eigenvalue weighted by molar-refractivity contribution is 5.27. The van der Waals surface area contributed by atoms with Gasteiger partial charge in [0.25, 0.3) is 0 Å². The molecular weight excluding hydrogens is 247 g/mol. The molecule has 19 heavy (non-hydrogen) atoms. The predicted molar refractivity (Wildman–Crippen MR) is 72.6 cm³/mol. The Bertz CT molecular complexity index is 364. The highest BCUT2D eigenvalue weighted by Crippen LogP contribution is 2.29. The van der Waals surface area contributed by atoms with E-state index in [1.807, 2.05) is 0 Å². The molecule has 3 nitrogen and oxygen atoms in total. The molecule has 108 valence electrons. The summed E-state index contributed by atoms with van der Waals surface area (Å²) in [5, 5.41) is 19.1. The van der Waals surface area contributed by atoms with Crippen molar-refractivity contribution in [3.63, 3.8) is 0 Å². The molecule has 1 rings (SSSR count). The van der Waals surface area contributed by atoms with Gasteiger partial charge in [0.05, 0.1) is 13.2 Å². The van der Waals surface area contributed by atoms with Crippen LogP contribution < -0.4 is 0 Å². The van der Waals surface area contributed by atoms with Gasteiger partial charge in [-0.25, -0.2) is 4.39 Å². The predicted octanol–water partition coefficient (Wildman–Crippen LogP) is 2.25. The van der Waals surface area contributed by atoms with E-state index in [-0.39, 0.29) is 13.2 Å². The lowest BCUT2D eigenvalue weighted by Gasteiger charge is -2.30. The molecule has 0 fully saturated rings. The average Bonchev–Trinajstić information content (AvgIpc) is 2.44. The van der Waals surface area contributed by atoms with Crippen LogP contribution in [0, 0.1) is 5.82 Å². The molecule has 0 aliphatic rings. The number of aliphatic hydroxyl groups excluding tert-OH is 2. The summed E-state index contributed by atoms with van der Waals surface area (Å²) in [5.41, 5.74) is -0.628. The number of aliphatic hydroxyl groups is 2. The van der Waals surface area contributed by atoms with Gasteiger partial charge >= 0.3 is 0 Å². The Labute approximate surface area is 114 Å². The van der Waals surface area contributed by atoms with Gasteiger partial charge in [0.15, 0.2) is 0 Å². The van der Waals surface area contributed by atoms with Crippen molar-refractivity contribution in [3.8, 4) is 0 Å². The van der Waals surface area contributed by atoms with E-state index in [4.69, 9.17) is 4.74 Å². The fourth-order valence-corrected chi connectivity index (χ4v) is 2.02. The zero-order chi connectivity index (χ0) is 14.1. The Morgan fingerprint density at radius 3 is 2.42 bits per heavy atom. The first-order chi connectivity index (χ1) is 9.20. The van der Waals surface area contributed by atoms with Crippen molar-refractivity contribution in [3.05, 3.63) is 35.6 Å². The Balaban J connectivity index is 2.71. The summed E-state index contributed by atoms with van der Waals surface area (Å²) in [6, 6.07) is 6.24. The van der Waals surface area contributed by atoms with Crippen LogP contribution in [-0.4, -0.2) is 36.6 Å². The molecular formula is C15H23FO3. The third kappa shape index (κ3) is 4.27. The van der Waals surface area contributed by atoms with Gasteiger partial charge in [-0.05, 0) is 24.5 Å². The summed E-state index contributed by atoms with van der Waals surface area (Å²) in [6.45, 7) is 2.52. The summed E-state index contributed by atoms with van der Waals surface area (Å²) >= 11 is 0. The van der Waals surface area contributed by atoms with Crippen LogP contribution in [0.4, 0.5) is 4.39 Å². The monoisotopic (exact) mass is 270 g/mol. The van der Waals surface area contributed by atoms with Gasteiger partial charge in [-0.1, -0.05) is 31.5 Å². The van der Waals surface area contributed by atoms with Crippen molar-refractivity contribution < 1.29 is 19.3 Å². The normalized spacial score (nSPS) is 11.8. The van der Waals surface area contributed by atoms with Crippen LogP contribution in [0.2, 0.25) is 0 Å². The molecule has 0 amide bonds. The highest BCUT2D eigenvalue weighted by atomic mass is 19.1. The topological polar surface area (TPSA) is 49.7 Å². The van der Waals surface area contributed by atoms with E-state index in [0.717, 1.165) is 12.8 Å². The van der Waals surface area contributed by atoms with Crippen molar-refractivity contribution in [2.75, 3.05) is 26.4 Å². The quantitative estimate of drug-likeness (QED) is 0.677. The fraction of sp³-hybridized carbons (Fsp3) is 0.600. The van der Waals surface area contributed by atoms with Crippen molar-refractivity contribution in [1.82, 2.24) is 0 Å². The van der Waals surface area contributed by atoms with Crippen LogP contribution in [-0.2, 0) is 10.2 Å². The zero-order valence-corrected chi connectivity index (χ0v) is 11.4. The van der Waals surface area contributed by atoms with Crippen LogP contribution in [0.5, 0.6) is 0 Å². The van der Waals surface area contributed by atoms with Gasteiger partial charge < -0.3 is 14.9 Å². The van der Waals surface area contributed by atoms with Gasteiger partial charge in [0.2, 0.25) is 0 Å². The number of rotatable bonds is 9. The summed E-state index contributed by atoms with van der Waals surface area (Å²) in [6.07, 6.45) is 2.42. The maximum absolute atomic E-state index is 13.8. The molecule has 0 spiro atoms. The minimum Gasteiger partial charge on any atom is -0.395 e. The van der Waals surface area contributed by atoms with Crippen LogP contribution in [0.1, 0.15) is 31.7 Å². The lowest BCUT2D eigenvalue weighted by atomic mass is 9.79. The maximum atomic E-state index is 13.8. The fourth-order valence-electron chi connectivity index (χ4n) is 2.02. The number of unbranched alkanes of at least 4 members (excludes halogenated alkanes) is 1. The molecule has 0 unspecified atom stereocenters. The van der Waals surface area contributed by atoms with Crippen molar-refractivity contribution in [1.29, 1.82) is 0 Å². The number of halogens is 1. The summed E-state index contributed by atoms with van der Waals surface area (Å²) in [5.74, 6) is -0.404. The lowest BCUT2D eigenvalue weighted by molar-refractivity contribution is 0.0599. The van der Waals surface area contributed by atoms with Crippen molar-refractivity contribution >= 4 is 0 Å². The van der Waals surface area contributed by atoms with Crippen LogP contribution in [0.3, 0.4) is 0 Å². The molecule has 4 heteroatoms. The second-order valence-electron chi connectivity index (χ2n) is 4.79. The summed E-state index contributed by atoms with van der Waals surface area (Å²) in [7, 11) is 0. The second kappa shape index (κ2) is 8.25. The number of ether oxygens (including phenoxy) is 1. The van der Waals surface area contributed by atoms with E-state index in [0.29, 0.717) is 25.2 Å². The van der Waals surface area contributed by atoms with Crippen LogP contribution in [0.15, 0.2) is 24.3 Å². The van der Waals surface area contributed by atoms with Crippen molar-refractivity contribution in [2.45, 2.75) is 31.6 Å². The van der Waals surface area contributed by atoms with E-state index in [1.54, 1.807) is 18.2 Å². The molecule has 0 heterocycles. The summed E-state index contributed by atoms with van der Waals surface area (Å²) in [4.78, 5) is 0. The molecule has 0 bridgehead atoms. The Morgan fingerprint density at radius 2 is 1.84 bits per heavy atom. The number of hydrogen-bond acceptors (Lipinski definition) is 3. The largest absolute Gasteiger partial charge is 0.395 e. The first-order valence-electron chi connectivity index (χ1n) is 6.74. The third-order valence-electron chi connectivity index (χ3n) is 3.42. The van der Waals surface area contributed by atoms with Gasteiger partial charge in [0, 0.05) is 18.6 Å². The molecule has 0 radical (unpaired) electrons. The molecule has 0 atom stereocenters. The molecule has 0 aromatic heterocycles.